The van der Waals surface area contributed by atoms with Gasteiger partial charge in [-0.3, -0.25) is 0 Å². The summed E-state index contributed by atoms with van der Waals surface area (Å²) < 4.78 is 0. The molecule has 0 saturated carbocycles. The standard InChI is InChI=1S/C22H19N3O/c1-14-4-3-5-15(2)21(14)16-6-11-20-17(12-16)13-23-22(25-20)24-18-7-9-19(26)10-8-18/h3-13,26H,1-2H3,(H,23,24,25). The zero-order valence-electron chi connectivity index (χ0n) is 14.7. The molecule has 4 nitrogen and oxygen atoms in total. The summed E-state index contributed by atoms with van der Waals surface area (Å²) in [7, 11) is 0. The number of aryl methyl sites for hydroxylation is 2. The van der Waals surface area contributed by atoms with Crippen LogP contribution in [0.15, 0.2) is 66.9 Å². The zero-order chi connectivity index (χ0) is 18.1. The van der Waals surface area contributed by atoms with Crippen LogP contribution in [0, 0.1) is 13.8 Å². The molecule has 1 heterocycles. The molecule has 0 aliphatic rings. The third kappa shape index (κ3) is 3.09. The van der Waals surface area contributed by atoms with Crippen molar-refractivity contribution in [1.29, 1.82) is 0 Å². The van der Waals surface area contributed by atoms with Crippen LogP contribution in [-0.2, 0) is 0 Å². The first-order chi connectivity index (χ1) is 12.6. The van der Waals surface area contributed by atoms with Crippen LogP contribution in [0.5, 0.6) is 5.75 Å². The van der Waals surface area contributed by atoms with Gasteiger partial charge in [0.05, 0.1) is 5.52 Å². The van der Waals surface area contributed by atoms with Crippen LogP contribution in [0.4, 0.5) is 11.6 Å². The number of aromatic hydroxyl groups is 1. The fraction of sp³-hybridized carbons (Fsp3) is 0.0909. The van der Waals surface area contributed by atoms with Crippen molar-refractivity contribution < 1.29 is 5.11 Å². The van der Waals surface area contributed by atoms with Gasteiger partial charge in [-0.1, -0.05) is 24.3 Å². The van der Waals surface area contributed by atoms with E-state index in [0.29, 0.717) is 5.95 Å². The second-order valence-electron chi connectivity index (χ2n) is 6.41. The Hall–Kier alpha value is -3.40. The Balaban J connectivity index is 1.69. The van der Waals surface area contributed by atoms with E-state index >= 15 is 0 Å². The molecule has 0 amide bonds. The van der Waals surface area contributed by atoms with Crippen molar-refractivity contribution in [1.82, 2.24) is 9.97 Å². The summed E-state index contributed by atoms with van der Waals surface area (Å²) >= 11 is 0. The molecular weight excluding hydrogens is 322 g/mol. The number of aromatic nitrogens is 2. The van der Waals surface area contributed by atoms with E-state index in [-0.39, 0.29) is 5.75 Å². The summed E-state index contributed by atoms with van der Waals surface area (Å²) in [6.07, 6.45) is 1.84. The monoisotopic (exact) mass is 341 g/mol. The molecule has 0 spiro atoms. The predicted octanol–water partition coefficient (Wildman–Crippen LogP) is 5.36. The molecule has 3 aromatic carbocycles. The van der Waals surface area contributed by atoms with Crippen LogP contribution >= 0.6 is 0 Å². The molecule has 0 saturated heterocycles. The highest BCUT2D eigenvalue weighted by Crippen LogP contribution is 2.29. The molecular formula is C22H19N3O. The molecule has 0 atom stereocenters. The first kappa shape index (κ1) is 16.1. The minimum atomic E-state index is 0.231. The largest absolute Gasteiger partial charge is 0.508 e. The molecule has 0 radical (unpaired) electrons. The maximum Gasteiger partial charge on any atom is 0.227 e. The molecule has 0 aliphatic heterocycles. The highest BCUT2D eigenvalue weighted by atomic mass is 16.3. The third-order valence-electron chi connectivity index (χ3n) is 4.47. The lowest BCUT2D eigenvalue weighted by Gasteiger charge is -2.11. The van der Waals surface area contributed by atoms with Crippen LogP contribution in [-0.4, -0.2) is 15.1 Å². The van der Waals surface area contributed by atoms with Gasteiger partial charge in [-0.15, -0.1) is 0 Å². The fourth-order valence-corrected chi connectivity index (χ4v) is 3.19. The van der Waals surface area contributed by atoms with Crippen molar-refractivity contribution in [2.24, 2.45) is 0 Å². The second kappa shape index (κ2) is 6.48. The molecule has 1 aromatic heterocycles. The maximum atomic E-state index is 9.36. The van der Waals surface area contributed by atoms with E-state index in [0.717, 1.165) is 16.6 Å². The number of nitrogens with zero attached hydrogens (tertiary/aromatic N) is 2. The number of benzene rings is 3. The topological polar surface area (TPSA) is 58.0 Å². The molecule has 128 valence electrons. The van der Waals surface area contributed by atoms with Crippen LogP contribution in [0.2, 0.25) is 0 Å². The lowest BCUT2D eigenvalue weighted by molar-refractivity contribution is 0.475. The Morgan fingerprint density at radius 1 is 0.885 bits per heavy atom. The summed E-state index contributed by atoms with van der Waals surface area (Å²) in [5, 5.41) is 13.5. The Bertz CT molecular complexity index is 1070. The van der Waals surface area contributed by atoms with Crippen molar-refractivity contribution >= 4 is 22.5 Å². The van der Waals surface area contributed by atoms with Gasteiger partial charge in [-0.25, -0.2) is 9.97 Å². The Morgan fingerprint density at radius 3 is 2.35 bits per heavy atom. The summed E-state index contributed by atoms with van der Waals surface area (Å²) in [4.78, 5) is 9.01. The number of rotatable bonds is 3. The molecule has 4 aromatic rings. The van der Waals surface area contributed by atoms with Gasteiger partial charge in [0.25, 0.3) is 0 Å². The van der Waals surface area contributed by atoms with E-state index in [1.165, 1.54) is 22.3 Å². The van der Waals surface area contributed by atoms with Crippen molar-refractivity contribution in [2.45, 2.75) is 13.8 Å². The van der Waals surface area contributed by atoms with Gasteiger partial charge in [0.2, 0.25) is 5.95 Å². The van der Waals surface area contributed by atoms with Gasteiger partial charge in [0.1, 0.15) is 5.75 Å². The van der Waals surface area contributed by atoms with Crippen LogP contribution in [0.25, 0.3) is 22.0 Å². The predicted molar refractivity (Wildman–Crippen MR) is 106 cm³/mol. The average molecular weight is 341 g/mol. The molecule has 0 aliphatic carbocycles. The number of phenols is 1. The quantitative estimate of drug-likeness (QED) is 0.492. The lowest BCUT2D eigenvalue weighted by Crippen LogP contribution is -1.97. The number of fused-ring (bicyclic) bond motifs is 1. The molecule has 4 heteroatoms. The van der Waals surface area contributed by atoms with E-state index in [9.17, 15) is 5.11 Å². The van der Waals surface area contributed by atoms with Crippen LogP contribution in [0.1, 0.15) is 11.1 Å². The molecule has 0 bridgehead atoms. The molecule has 0 fully saturated rings. The number of hydrogen-bond acceptors (Lipinski definition) is 4. The molecule has 26 heavy (non-hydrogen) atoms. The summed E-state index contributed by atoms with van der Waals surface area (Å²) in [5.41, 5.74) is 6.67. The minimum Gasteiger partial charge on any atom is -0.508 e. The average Bonchev–Trinajstić information content (AvgIpc) is 2.63. The van der Waals surface area contributed by atoms with Crippen molar-refractivity contribution in [2.75, 3.05) is 5.32 Å². The van der Waals surface area contributed by atoms with Gasteiger partial charge in [0.15, 0.2) is 0 Å². The first-order valence-electron chi connectivity index (χ1n) is 8.49. The maximum absolute atomic E-state index is 9.36. The third-order valence-corrected chi connectivity index (χ3v) is 4.47. The van der Waals surface area contributed by atoms with E-state index in [4.69, 9.17) is 0 Å². The lowest BCUT2D eigenvalue weighted by atomic mass is 9.95. The highest BCUT2D eigenvalue weighted by molar-refractivity contribution is 5.86. The SMILES string of the molecule is Cc1cccc(C)c1-c1ccc2nc(Nc3ccc(O)cc3)ncc2c1. The second-order valence-corrected chi connectivity index (χ2v) is 6.41. The molecule has 2 N–H and O–H groups in total. The highest BCUT2D eigenvalue weighted by Gasteiger charge is 2.07. The molecule has 0 unspecified atom stereocenters. The van der Waals surface area contributed by atoms with Crippen LogP contribution < -0.4 is 5.32 Å². The van der Waals surface area contributed by atoms with E-state index in [1.54, 1.807) is 24.3 Å². The Kier molecular flexibility index (Phi) is 4.01. The summed E-state index contributed by atoms with van der Waals surface area (Å²) in [5.74, 6) is 0.761. The zero-order valence-corrected chi connectivity index (χ0v) is 14.7. The number of nitrogens with one attached hydrogen (secondary N) is 1. The van der Waals surface area contributed by atoms with E-state index < -0.39 is 0 Å². The summed E-state index contributed by atoms with van der Waals surface area (Å²) in [6.45, 7) is 4.27. The van der Waals surface area contributed by atoms with Crippen LogP contribution in [0.3, 0.4) is 0 Å². The fourth-order valence-electron chi connectivity index (χ4n) is 3.19. The van der Waals surface area contributed by atoms with Gasteiger partial charge in [-0.05, 0) is 72.5 Å². The van der Waals surface area contributed by atoms with E-state index in [1.807, 2.05) is 12.3 Å². The van der Waals surface area contributed by atoms with Gasteiger partial charge in [-0.2, -0.15) is 0 Å². The van der Waals surface area contributed by atoms with Gasteiger partial charge >= 0.3 is 0 Å². The van der Waals surface area contributed by atoms with Gasteiger partial charge in [0, 0.05) is 17.3 Å². The number of phenolic OH excluding ortho intramolecular Hbond substituents is 1. The number of anilines is 2. The normalized spacial score (nSPS) is 10.8. The van der Waals surface area contributed by atoms with Crippen molar-refractivity contribution in [3.8, 4) is 16.9 Å². The smallest absolute Gasteiger partial charge is 0.227 e. The minimum absolute atomic E-state index is 0.231. The van der Waals surface area contributed by atoms with E-state index in [2.05, 4.69) is 59.5 Å². The van der Waals surface area contributed by atoms with Crippen molar-refractivity contribution in [3.63, 3.8) is 0 Å². The van der Waals surface area contributed by atoms with Gasteiger partial charge < -0.3 is 10.4 Å². The molecule has 4 rings (SSSR count). The number of hydrogen-bond donors (Lipinski definition) is 2. The Morgan fingerprint density at radius 2 is 1.62 bits per heavy atom. The van der Waals surface area contributed by atoms with Crippen molar-refractivity contribution in [3.05, 3.63) is 78.0 Å². The first-order valence-corrected chi connectivity index (χ1v) is 8.49. The Labute approximate surface area is 152 Å². The summed E-state index contributed by atoms with van der Waals surface area (Å²) in [6, 6.07) is 19.4.